The van der Waals surface area contributed by atoms with E-state index in [1.54, 1.807) is 4.52 Å². The second-order valence-electron chi connectivity index (χ2n) is 7.76. The molecule has 0 aromatic carbocycles. The van der Waals surface area contributed by atoms with Crippen LogP contribution in [0.2, 0.25) is 0 Å². The predicted molar refractivity (Wildman–Crippen MR) is 100 cm³/mol. The highest BCUT2D eigenvalue weighted by atomic mass is 16.1. The highest BCUT2D eigenvalue weighted by Crippen LogP contribution is 2.25. The quantitative estimate of drug-likeness (QED) is 0.910. The lowest BCUT2D eigenvalue weighted by molar-refractivity contribution is -0.125. The van der Waals surface area contributed by atoms with Crippen LogP contribution < -0.4 is 10.2 Å². The molecule has 4 rings (SSSR count). The molecule has 3 heterocycles. The number of rotatable bonds is 4. The lowest BCUT2D eigenvalue weighted by Crippen LogP contribution is -2.44. The number of anilines is 1. The van der Waals surface area contributed by atoms with Gasteiger partial charge in [0.05, 0.1) is 5.92 Å². The molecular weight excluding hydrogens is 328 g/mol. The van der Waals surface area contributed by atoms with Crippen LogP contribution in [0.25, 0.3) is 5.78 Å². The van der Waals surface area contributed by atoms with Crippen molar-refractivity contribution in [1.29, 1.82) is 0 Å². The summed E-state index contributed by atoms with van der Waals surface area (Å²) >= 11 is 0. The summed E-state index contributed by atoms with van der Waals surface area (Å²) in [5, 5.41) is 7.53. The first kappa shape index (κ1) is 17.2. The van der Waals surface area contributed by atoms with Gasteiger partial charge in [0.15, 0.2) is 0 Å². The van der Waals surface area contributed by atoms with E-state index in [2.05, 4.69) is 25.3 Å². The van der Waals surface area contributed by atoms with Crippen LogP contribution in [0.15, 0.2) is 12.4 Å². The fraction of sp³-hybridized carbons (Fsp3) is 0.684. The van der Waals surface area contributed by atoms with E-state index in [1.807, 2.05) is 13.0 Å². The van der Waals surface area contributed by atoms with Crippen molar-refractivity contribution in [3.63, 3.8) is 0 Å². The molecule has 1 atom stereocenters. The number of carbonyl (C=O) groups excluding carboxylic acids is 1. The summed E-state index contributed by atoms with van der Waals surface area (Å²) in [6.45, 7) is 4.48. The number of hydrogen-bond donors (Lipinski definition) is 1. The molecule has 0 radical (unpaired) electrons. The first-order valence-electron chi connectivity index (χ1n) is 9.91. The van der Waals surface area contributed by atoms with Crippen LogP contribution >= 0.6 is 0 Å². The van der Waals surface area contributed by atoms with Crippen molar-refractivity contribution >= 4 is 17.5 Å². The Morgan fingerprint density at radius 1 is 1.23 bits per heavy atom. The van der Waals surface area contributed by atoms with Gasteiger partial charge in [0.25, 0.3) is 5.78 Å². The molecule has 7 nitrogen and oxygen atoms in total. The van der Waals surface area contributed by atoms with Gasteiger partial charge in [-0.3, -0.25) is 4.79 Å². The molecule has 1 aliphatic heterocycles. The molecule has 2 fully saturated rings. The monoisotopic (exact) mass is 356 g/mol. The van der Waals surface area contributed by atoms with Gasteiger partial charge in [-0.25, -0.2) is 4.98 Å². The third-order valence-electron chi connectivity index (χ3n) is 5.77. The number of carbonyl (C=O) groups is 1. The van der Waals surface area contributed by atoms with Crippen LogP contribution in [-0.2, 0) is 4.79 Å². The predicted octanol–water partition coefficient (Wildman–Crippen LogP) is 2.35. The molecule has 26 heavy (non-hydrogen) atoms. The Bertz CT molecular complexity index is 766. The van der Waals surface area contributed by atoms with Gasteiger partial charge in [0.1, 0.15) is 12.1 Å². The summed E-state index contributed by atoms with van der Waals surface area (Å²) in [6, 6.07) is 2.03. The summed E-state index contributed by atoms with van der Waals surface area (Å²) in [7, 11) is 0. The Morgan fingerprint density at radius 3 is 2.92 bits per heavy atom. The number of amides is 1. The van der Waals surface area contributed by atoms with E-state index < -0.39 is 0 Å². The third-order valence-corrected chi connectivity index (χ3v) is 5.77. The average molecular weight is 356 g/mol. The van der Waals surface area contributed by atoms with Gasteiger partial charge in [0, 0.05) is 31.4 Å². The van der Waals surface area contributed by atoms with E-state index in [1.165, 1.54) is 38.4 Å². The van der Waals surface area contributed by atoms with Gasteiger partial charge >= 0.3 is 0 Å². The molecule has 0 spiro atoms. The first-order chi connectivity index (χ1) is 12.7. The molecule has 1 saturated heterocycles. The van der Waals surface area contributed by atoms with Crippen LogP contribution in [0.3, 0.4) is 0 Å². The van der Waals surface area contributed by atoms with Crippen LogP contribution in [0.1, 0.15) is 50.6 Å². The highest BCUT2D eigenvalue weighted by Gasteiger charge is 2.28. The van der Waals surface area contributed by atoms with Crippen molar-refractivity contribution in [2.75, 3.05) is 24.5 Å². The summed E-state index contributed by atoms with van der Waals surface area (Å²) < 4.78 is 1.77. The number of fused-ring (bicyclic) bond motifs is 1. The Balaban J connectivity index is 1.41. The molecule has 140 valence electrons. The van der Waals surface area contributed by atoms with Gasteiger partial charge < -0.3 is 10.2 Å². The maximum absolute atomic E-state index is 12.7. The summed E-state index contributed by atoms with van der Waals surface area (Å²) in [6.07, 6.45) is 10.00. The van der Waals surface area contributed by atoms with Crippen LogP contribution in [0.5, 0.6) is 0 Å². The Kier molecular flexibility index (Phi) is 5.04. The van der Waals surface area contributed by atoms with Crippen LogP contribution in [0, 0.1) is 18.8 Å². The maximum Gasteiger partial charge on any atom is 0.254 e. The lowest BCUT2D eigenvalue weighted by Gasteiger charge is -2.34. The van der Waals surface area contributed by atoms with Crippen molar-refractivity contribution in [3.8, 4) is 0 Å². The minimum atomic E-state index is 0.0411. The minimum Gasteiger partial charge on any atom is -0.356 e. The van der Waals surface area contributed by atoms with Gasteiger partial charge in [-0.05, 0) is 38.5 Å². The zero-order valence-electron chi connectivity index (χ0n) is 15.5. The van der Waals surface area contributed by atoms with Gasteiger partial charge in [-0.2, -0.15) is 14.6 Å². The Labute approximate surface area is 154 Å². The molecule has 2 aromatic heterocycles. The molecule has 7 heteroatoms. The molecule has 2 aliphatic rings. The number of piperidine rings is 1. The van der Waals surface area contributed by atoms with Crippen molar-refractivity contribution in [1.82, 2.24) is 24.9 Å². The zero-order valence-corrected chi connectivity index (χ0v) is 15.5. The summed E-state index contributed by atoms with van der Waals surface area (Å²) in [5.74, 6) is 2.52. The van der Waals surface area contributed by atoms with Crippen LogP contribution in [-0.4, -0.2) is 45.1 Å². The smallest absolute Gasteiger partial charge is 0.254 e. The SMILES string of the molecule is Cc1cc(N2CCC[C@H](C(=O)NCC3CCCCC3)C2)n2ncnc2n1. The molecule has 0 unspecified atom stereocenters. The fourth-order valence-electron chi connectivity index (χ4n) is 4.32. The second kappa shape index (κ2) is 7.60. The van der Waals surface area contributed by atoms with Crippen LogP contribution in [0.4, 0.5) is 5.82 Å². The number of hydrogen-bond acceptors (Lipinski definition) is 5. The van der Waals surface area contributed by atoms with Crippen molar-refractivity contribution < 1.29 is 4.79 Å². The molecule has 1 amide bonds. The molecular formula is C19H28N6O. The second-order valence-corrected chi connectivity index (χ2v) is 7.76. The average Bonchev–Trinajstić information content (AvgIpc) is 3.14. The molecule has 1 aliphatic carbocycles. The van der Waals surface area contributed by atoms with Gasteiger partial charge in [-0.1, -0.05) is 19.3 Å². The molecule has 2 aromatic rings. The third kappa shape index (κ3) is 3.66. The number of aryl methyl sites for hydroxylation is 1. The largest absolute Gasteiger partial charge is 0.356 e. The van der Waals surface area contributed by atoms with Gasteiger partial charge in [0.2, 0.25) is 5.91 Å². The summed E-state index contributed by atoms with van der Waals surface area (Å²) in [4.78, 5) is 23.6. The maximum atomic E-state index is 12.7. The normalized spacial score (nSPS) is 21.9. The van der Waals surface area contributed by atoms with E-state index in [4.69, 9.17) is 0 Å². The summed E-state index contributed by atoms with van der Waals surface area (Å²) in [5.41, 5.74) is 0.921. The molecule has 1 saturated carbocycles. The zero-order chi connectivity index (χ0) is 17.9. The topological polar surface area (TPSA) is 75.4 Å². The fourth-order valence-corrected chi connectivity index (χ4v) is 4.32. The number of aromatic nitrogens is 4. The van der Waals surface area contributed by atoms with E-state index in [-0.39, 0.29) is 11.8 Å². The number of nitrogens with one attached hydrogen (secondary N) is 1. The minimum absolute atomic E-state index is 0.0411. The standard InChI is InChI=1S/C19H28N6O/c1-14-10-17(25-19(23-14)21-13-22-25)24-9-5-8-16(12-24)18(26)20-11-15-6-3-2-4-7-15/h10,13,15-16H,2-9,11-12H2,1H3,(H,20,26)/t16-/m0/s1. The number of nitrogens with zero attached hydrogens (tertiary/aromatic N) is 5. The van der Waals surface area contributed by atoms with Crippen molar-refractivity contribution in [3.05, 3.63) is 18.1 Å². The van der Waals surface area contributed by atoms with E-state index in [0.717, 1.165) is 44.0 Å². The van der Waals surface area contributed by atoms with E-state index in [9.17, 15) is 4.79 Å². The Hall–Kier alpha value is -2.18. The Morgan fingerprint density at radius 2 is 2.08 bits per heavy atom. The highest BCUT2D eigenvalue weighted by molar-refractivity contribution is 5.79. The first-order valence-corrected chi connectivity index (χ1v) is 9.91. The lowest BCUT2D eigenvalue weighted by atomic mass is 9.89. The van der Waals surface area contributed by atoms with E-state index in [0.29, 0.717) is 11.7 Å². The van der Waals surface area contributed by atoms with Crippen molar-refractivity contribution in [2.24, 2.45) is 11.8 Å². The molecule has 1 N–H and O–H groups in total. The van der Waals surface area contributed by atoms with Crippen molar-refractivity contribution in [2.45, 2.75) is 51.9 Å². The van der Waals surface area contributed by atoms with Gasteiger partial charge in [-0.15, -0.1) is 0 Å². The van der Waals surface area contributed by atoms with E-state index >= 15 is 0 Å². The molecule has 0 bridgehead atoms.